The summed E-state index contributed by atoms with van der Waals surface area (Å²) < 4.78 is 0. The highest BCUT2D eigenvalue weighted by Crippen LogP contribution is 2.19. The number of benzene rings is 1. The van der Waals surface area contributed by atoms with Gasteiger partial charge in [-0.05, 0) is 38.0 Å². The average Bonchev–Trinajstić information content (AvgIpc) is 2.26. The van der Waals surface area contributed by atoms with Gasteiger partial charge in [0.05, 0.1) is 5.56 Å². The predicted molar refractivity (Wildman–Crippen MR) is 69.7 cm³/mol. The van der Waals surface area contributed by atoms with Gasteiger partial charge in [0.15, 0.2) is 0 Å². The van der Waals surface area contributed by atoms with Gasteiger partial charge in [0.25, 0.3) is 5.91 Å². The van der Waals surface area contributed by atoms with Crippen LogP contribution in [-0.2, 0) is 4.79 Å². The zero-order valence-corrected chi connectivity index (χ0v) is 10.6. The first-order chi connectivity index (χ1) is 8.40. The van der Waals surface area contributed by atoms with Crippen molar-refractivity contribution in [3.8, 4) is 0 Å². The van der Waals surface area contributed by atoms with Crippen LogP contribution in [0.1, 0.15) is 35.7 Å². The third-order valence-electron chi connectivity index (χ3n) is 2.63. The Morgan fingerprint density at radius 3 is 2.67 bits per heavy atom. The standard InChI is InChI=1S/C13H18N2O3/c1-8-3-5-10(13(14)18)11(7-8)15-9(2)4-6-12(16)17/h3,5,7,9,15H,4,6H2,1-2H3,(H2,14,18)(H,16,17). The highest BCUT2D eigenvalue weighted by atomic mass is 16.4. The van der Waals surface area contributed by atoms with Crippen LogP contribution in [0.3, 0.4) is 0 Å². The van der Waals surface area contributed by atoms with Crippen molar-refractivity contribution < 1.29 is 14.7 Å². The molecule has 0 aliphatic rings. The maximum Gasteiger partial charge on any atom is 0.303 e. The molecule has 1 atom stereocenters. The van der Waals surface area contributed by atoms with Crippen LogP contribution in [0.2, 0.25) is 0 Å². The Morgan fingerprint density at radius 1 is 1.44 bits per heavy atom. The van der Waals surface area contributed by atoms with Crippen molar-refractivity contribution in [3.05, 3.63) is 29.3 Å². The molecular formula is C13H18N2O3. The summed E-state index contributed by atoms with van der Waals surface area (Å²) in [4.78, 5) is 21.8. The van der Waals surface area contributed by atoms with Crippen molar-refractivity contribution in [1.29, 1.82) is 0 Å². The molecule has 0 heterocycles. The van der Waals surface area contributed by atoms with E-state index in [0.29, 0.717) is 17.7 Å². The minimum Gasteiger partial charge on any atom is -0.481 e. The molecule has 0 saturated carbocycles. The number of anilines is 1. The molecule has 0 aliphatic heterocycles. The van der Waals surface area contributed by atoms with Crippen LogP contribution in [0.25, 0.3) is 0 Å². The van der Waals surface area contributed by atoms with E-state index < -0.39 is 11.9 Å². The minimum absolute atomic E-state index is 0.0407. The summed E-state index contributed by atoms with van der Waals surface area (Å²) in [7, 11) is 0. The number of carboxylic acids is 1. The number of amides is 1. The Labute approximate surface area is 106 Å². The molecule has 0 aromatic heterocycles. The van der Waals surface area contributed by atoms with Crippen LogP contribution in [0.4, 0.5) is 5.69 Å². The SMILES string of the molecule is Cc1ccc(C(N)=O)c(NC(C)CCC(=O)O)c1. The highest BCUT2D eigenvalue weighted by molar-refractivity contribution is 5.98. The van der Waals surface area contributed by atoms with Crippen molar-refractivity contribution in [2.75, 3.05) is 5.32 Å². The zero-order valence-electron chi connectivity index (χ0n) is 10.6. The topological polar surface area (TPSA) is 92.4 Å². The van der Waals surface area contributed by atoms with Gasteiger partial charge in [0.2, 0.25) is 0 Å². The minimum atomic E-state index is -0.831. The van der Waals surface area contributed by atoms with E-state index in [1.165, 1.54) is 0 Å². The van der Waals surface area contributed by atoms with Gasteiger partial charge in [-0.25, -0.2) is 0 Å². The summed E-state index contributed by atoms with van der Waals surface area (Å²) in [5, 5.41) is 11.7. The smallest absolute Gasteiger partial charge is 0.303 e. The van der Waals surface area contributed by atoms with E-state index in [2.05, 4.69) is 5.32 Å². The Morgan fingerprint density at radius 2 is 2.11 bits per heavy atom. The third kappa shape index (κ3) is 4.08. The Balaban J connectivity index is 2.79. The molecule has 0 saturated heterocycles. The molecule has 0 aliphatic carbocycles. The van der Waals surface area contributed by atoms with E-state index in [1.807, 2.05) is 26.0 Å². The molecule has 1 aromatic rings. The number of nitrogens with one attached hydrogen (secondary N) is 1. The molecule has 1 amide bonds. The number of aryl methyl sites for hydroxylation is 1. The Kier molecular flexibility index (Phi) is 4.71. The molecule has 5 heteroatoms. The molecule has 0 fully saturated rings. The fourth-order valence-corrected chi connectivity index (χ4v) is 1.67. The van der Waals surface area contributed by atoms with Crippen molar-refractivity contribution in [2.24, 2.45) is 5.73 Å². The highest BCUT2D eigenvalue weighted by Gasteiger charge is 2.11. The Bertz CT molecular complexity index is 458. The Hall–Kier alpha value is -2.04. The van der Waals surface area contributed by atoms with Crippen molar-refractivity contribution in [2.45, 2.75) is 32.7 Å². The first kappa shape index (κ1) is 14.0. The van der Waals surface area contributed by atoms with Crippen LogP contribution in [-0.4, -0.2) is 23.0 Å². The van der Waals surface area contributed by atoms with Crippen LogP contribution >= 0.6 is 0 Å². The van der Waals surface area contributed by atoms with Gasteiger partial charge >= 0.3 is 5.97 Å². The number of carbonyl (C=O) groups is 2. The van der Waals surface area contributed by atoms with Gasteiger partial charge < -0.3 is 16.2 Å². The first-order valence-corrected chi connectivity index (χ1v) is 5.79. The molecule has 1 rings (SSSR count). The molecule has 0 spiro atoms. The number of rotatable bonds is 6. The molecule has 5 nitrogen and oxygen atoms in total. The van der Waals surface area contributed by atoms with E-state index in [0.717, 1.165) is 5.56 Å². The van der Waals surface area contributed by atoms with Crippen molar-refractivity contribution >= 4 is 17.6 Å². The molecule has 4 N–H and O–H groups in total. The lowest BCUT2D eigenvalue weighted by Crippen LogP contribution is -2.20. The lowest BCUT2D eigenvalue weighted by Gasteiger charge is -2.17. The second-order valence-electron chi connectivity index (χ2n) is 4.39. The number of aliphatic carboxylic acids is 1. The molecule has 1 unspecified atom stereocenters. The normalized spacial score (nSPS) is 11.9. The van der Waals surface area contributed by atoms with E-state index in [1.54, 1.807) is 6.07 Å². The predicted octanol–water partition coefficient (Wildman–Crippen LogP) is 1.76. The van der Waals surface area contributed by atoms with Gasteiger partial charge in [-0.3, -0.25) is 9.59 Å². The summed E-state index contributed by atoms with van der Waals surface area (Å²) in [6.45, 7) is 3.79. The summed E-state index contributed by atoms with van der Waals surface area (Å²) >= 11 is 0. The maximum atomic E-state index is 11.3. The van der Waals surface area contributed by atoms with Crippen LogP contribution in [0.5, 0.6) is 0 Å². The number of hydrogen-bond donors (Lipinski definition) is 3. The van der Waals surface area contributed by atoms with Crippen LogP contribution in [0, 0.1) is 6.92 Å². The van der Waals surface area contributed by atoms with Crippen LogP contribution < -0.4 is 11.1 Å². The number of carbonyl (C=O) groups excluding carboxylic acids is 1. The lowest BCUT2D eigenvalue weighted by atomic mass is 10.1. The summed E-state index contributed by atoms with van der Waals surface area (Å²) in [5.41, 5.74) is 7.37. The number of carboxylic acid groups (broad SMARTS) is 1. The molecule has 1 aromatic carbocycles. The monoisotopic (exact) mass is 250 g/mol. The second kappa shape index (κ2) is 6.05. The molecule has 0 bridgehead atoms. The quantitative estimate of drug-likeness (QED) is 0.717. The summed E-state index contributed by atoms with van der Waals surface area (Å²) in [5.74, 6) is -1.33. The van der Waals surface area contributed by atoms with Gasteiger partial charge in [0.1, 0.15) is 0 Å². The van der Waals surface area contributed by atoms with E-state index in [-0.39, 0.29) is 12.5 Å². The number of primary amides is 1. The fraction of sp³-hybridized carbons (Fsp3) is 0.385. The average molecular weight is 250 g/mol. The summed E-state index contributed by atoms with van der Waals surface area (Å²) in [6, 6.07) is 5.27. The number of nitrogens with two attached hydrogens (primary N) is 1. The van der Waals surface area contributed by atoms with E-state index >= 15 is 0 Å². The van der Waals surface area contributed by atoms with Gasteiger partial charge in [-0.2, -0.15) is 0 Å². The largest absolute Gasteiger partial charge is 0.481 e. The molecule has 0 radical (unpaired) electrons. The second-order valence-corrected chi connectivity index (χ2v) is 4.39. The molecule has 98 valence electrons. The fourth-order valence-electron chi connectivity index (χ4n) is 1.67. The third-order valence-corrected chi connectivity index (χ3v) is 2.63. The van der Waals surface area contributed by atoms with Crippen molar-refractivity contribution in [1.82, 2.24) is 0 Å². The van der Waals surface area contributed by atoms with Gasteiger partial charge in [-0.1, -0.05) is 6.07 Å². The lowest BCUT2D eigenvalue weighted by molar-refractivity contribution is -0.137. The molecule has 18 heavy (non-hydrogen) atoms. The number of hydrogen-bond acceptors (Lipinski definition) is 3. The maximum absolute atomic E-state index is 11.3. The van der Waals surface area contributed by atoms with E-state index in [4.69, 9.17) is 10.8 Å². The van der Waals surface area contributed by atoms with Gasteiger partial charge in [0, 0.05) is 18.2 Å². The first-order valence-electron chi connectivity index (χ1n) is 5.79. The van der Waals surface area contributed by atoms with E-state index in [9.17, 15) is 9.59 Å². The van der Waals surface area contributed by atoms with Crippen molar-refractivity contribution in [3.63, 3.8) is 0 Å². The van der Waals surface area contributed by atoms with Gasteiger partial charge in [-0.15, -0.1) is 0 Å². The summed E-state index contributed by atoms with van der Waals surface area (Å²) in [6.07, 6.45) is 0.577. The molecular weight excluding hydrogens is 232 g/mol. The van der Waals surface area contributed by atoms with Crippen LogP contribution in [0.15, 0.2) is 18.2 Å². The zero-order chi connectivity index (χ0) is 13.7.